The Labute approximate surface area is 139 Å². The van der Waals surface area contributed by atoms with Gasteiger partial charge in [-0.15, -0.1) is 0 Å². The molecular weight excluding hydrogens is 292 g/mol. The zero-order chi connectivity index (χ0) is 17.2. The molecule has 0 saturated carbocycles. The van der Waals surface area contributed by atoms with Gasteiger partial charge in [0.2, 0.25) is 0 Å². The minimum atomic E-state index is -0.812. The minimum absolute atomic E-state index is 0.0350. The molecule has 1 aromatic rings. The lowest BCUT2D eigenvalue weighted by atomic mass is 9.98. The van der Waals surface area contributed by atoms with E-state index in [0.29, 0.717) is 0 Å². The summed E-state index contributed by atoms with van der Waals surface area (Å²) in [5.41, 5.74) is 2.97. The van der Waals surface area contributed by atoms with E-state index in [9.17, 15) is 4.79 Å². The van der Waals surface area contributed by atoms with Crippen LogP contribution < -0.4 is 10.1 Å². The van der Waals surface area contributed by atoms with Crippen molar-refractivity contribution < 1.29 is 14.6 Å². The molecule has 130 valence electrons. The van der Waals surface area contributed by atoms with Gasteiger partial charge in [-0.25, -0.2) is 0 Å². The van der Waals surface area contributed by atoms with E-state index in [4.69, 9.17) is 9.84 Å². The molecule has 2 N–H and O–H groups in total. The molecule has 0 heterocycles. The molecule has 0 saturated heterocycles. The van der Waals surface area contributed by atoms with Crippen LogP contribution in [-0.4, -0.2) is 56.3 Å². The first-order valence-corrected chi connectivity index (χ1v) is 8.25. The Morgan fingerprint density at radius 2 is 2.04 bits per heavy atom. The topological polar surface area (TPSA) is 61.8 Å². The summed E-state index contributed by atoms with van der Waals surface area (Å²) in [6.07, 6.45) is 1.98. The second kappa shape index (κ2) is 10.2. The van der Waals surface area contributed by atoms with Gasteiger partial charge in [0.25, 0.3) is 0 Å². The third kappa shape index (κ3) is 7.01. The monoisotopic (exact) mass is 322 g/mol. The largest absolute Gasteiger partial charge is 0.496 e. The van der Waals surface area contributed by atoms with Crippen LogP contribution in [0.2, 0.25) is 0 Å². The standard InChI is InChI=1S/C18H30N2O3/c1-5-20(3)10-6-8-19-9-7-15-11-14(2)17(23-4)12-16(15)13-18(21)22/h11-12,19H,5-10,13H2,1-4H3,(H,21,22). The van der Waals surface area contributed by atoms with Gasteiger partial charge in [-0.2, -0.15) is 0 Å². The van der Waals surface area contributed by atoms with Crippen molar-refractivity contribution in [3.63, 3.8) is 0 Å². The van der Waals surface area contributed by atoms with E-state index >= 15 is 0 Å². The van der Waals surface area contributed by atoms with E-state index < -0.39 is 5.97 Å². The van der Waals surface area contributed by atoms with Crippen LogP contribution in [0.4, 0.5) is 0 Å². The van der Waals surface area contributed by atoms with Crippen LogP contribution in [0.1, 0.15) is 30.0 Å². The highest BCUT2D eigenvalue weighted by Gasteiger charge is 2.11. The maximum atomic E-state index is 11.1. The van der Waals surface area contributed by atoms with Crippen LogP contribution in [0.5, 0.6) is 5.75 Å². The number of rotatable bonds is 11. The second-order valence-corrected chi connectivity index (χ2v) is 5.91. The van der Waals surface area contributed by atoms with E-state index in [1.165, 1.54) is 0 Å². The fourth-order valence-electron chi connectivity index (χ4n) is 2.55. The molecule has 0 bridgehead atoms. The van der Waals surface area contributed by atoms with Crippen molar-refractivity contribution in [1.29, 1.82) is 0 Å². The number of hydrogen-bond acceptors (Lipinski definition) is 4. The lowest BCUT2D eigenvalue weighted by molar-refractivity contribution is -0.136. The number of methoxy groups -OCH3 is 1. The molecule has 0 amide bonds. The SMILES string of the molecule is CCN(C)CCCNCCc1cc(C)c(OC)cc1CC(=O)O. The highest BCUT2D eigenvalue weighted by Crippen LogP contribution is 2.23. The summed E-state index contributed by atoms with van der Waals surface area (Å²) in [6, 6.07) is 3.90. The number of carbonyl (C=O) groups is 1. The molecule has 0 fully saturated rings. The lowest BCUT2D eigenvalue weighted by Crippen LogP contribution is -2.25. The molecule has 0 radical (unpaired) electrons. The molecule has 0 atom stereocenters. The van der Waals surface area contributed by atoms with Gasteiger partial charge >= 0.3 is 5.97 Å². The number of hydrogen-bond donors (Lipinski definition) is 2. The predicted molar refractivity (Wildman–Crippen MR) is 93.4 cm³/mol. The Morgan fingerprint density at radius 1 is 1.30 bits per heavy atom. The van der Waals surface area contributed by atoms with Crippen molar-refractivity contribution in [2.45, 2.75) is 33.1 Å². The Balaban J connectivity index is 2.54. The molecular formula is C18H30N2O3. The van der Waals surface area contributed by atoms with Crippen LogP contribution in [0.15, 0.2) is 12.1 Å². The van der Waals surface area contributed by atoms with Crippen molar-refractivity contribution in [1.82, 2.24) is 10.2 Å². The third-order valence-electron chi connectivity index (χ3n) is 4.06. The van der Waals surface area contributed by atoms with Gasteiger partial charge in [-0.3, -0.25) is 4.79 Å². The fraction of sp³-hybridized carbons (Fsp3) is 0.611. The maximum Gasteiger partial charge on any atom is 0.307 e. The summed E-state index contributed by atoms with van der Waals surface area (Å²) in [5.74, 6) is -0.0618. The Morgan fingerprint density at radius 3 is 2.65 bits per heavy atom. The maximum absolute atomic E-state index is 11.1. The highest BCUT2D eigenvalue weighted by molar-refractivity contribution is 5.71. The van der Waals surface area contributed by atoms with E-state index in [-0.39, 0.29) is 6.42 Å². The molecule has 0 aliphatic rings. The average Bonchev–Trinajstić information content (AvgIpc) is 2.51. The number of aliphatic carboxylic acids is 1. The van der Waals surface area contributed by atoms with Gasteiger partial charge in [0.1, 0.15) is 5.75 Å². The number of carboxylic acids is 1. The smallest absolute Gasteiger partial charge is 0.307 e. The summed E-state index contributed by atoms with van der Waals surface area (Å²) < 4.78 is 5.30. The summed E-state index contributed by atoms with van der Waals surface area (Å²) in [5, 5.41) is 12.5. The first kappa shape index (κ1) is 19.5. The van der Waals surface area contributed by atoms with Gasteiger partial charge in [-0.1, -0.05) is 13.0 Å². The molecule has 0 spiro atoms. The van der Waals surface area contributed by atoms with Gasteiger partial charge < -0.3 is 20.1 Å². The highest BCUT2D eigenvalue weighted by atomic mass is 16.5. The first-order valence-electron chi connectivity index (χ1n) is 8.25. The molecule has 5 nitrogen and oxygen atoms in total. The second-order valence-electron chi connectivity index (χ2n) is 5.91. The summed E-state index contributed by atoms with van der Waals surface area (Å²) >= 11 is 0. The molecule has 0 aromatic heterocycles. The van der Waals surface area contributed by atoms with Crippen molar-refractivity contribution in [2.24, 2.45) is 0 Å². The lowest BCUT2D eigenvalue weighted by Gasteiger charge is -2.15. The van der Waals surface area contributed by atoms with Gasteiger partial charge in [0.15, 0.2) is 0 Å². The molecule has 5 heteroatoms. The summed E-state index contributed by atoms with van der Waals surface area (Å²) in [7, 11) is 3.74. The predicted octanol–water partition coefficient (Wildman–Crippen LogP) is 2.10. The fourth-order valence-corrected chi connectivity index (χ4v) is 2.55. The van der Waals surface area contributed by atoms with Crippen LogP contribution in [0, 0.1) is 6.92 Å². The Kier molecular flexibility index (Phi) is 8.66. The molecule has 0 aliphatic carbocycles. The Bertz CT molecular complexity index is 503. The van der Waals surface area contributed by atoms with Crippen LogP contribution in [0.25, 0.3) is 0 Å². The summed E-state index contributed by atoms with van der Waals surface area (Å²) in [4.78, 5) is 13.3. The molecule has 1 aromatic carbocycles. The minimum Gasteiger partial charge on any atom is -0.496 e. The van der Waals surface area contributed by atoms with Crippen molar-refractivity contribution >= 4 is 5.97 Å². The number of nitrogens with one attached hydrogen (secondary N) is 1. The Hall–Kier alpha value is -1.59. The van der Waals surface area contributed by atoms with Crippen LogP contribution >= 0.6 is 0 Å². The van der Waals surface area contributed by atoms with E-state index in [1.807, 2.05) is 19.1 Å². The van der Waals surface area contributed by atoms with E-state index in [1.54, 1.807) is 7.11 Å². The van der Waals surface area contributed by atoms with Gasteiger partial charge in [0, 0.05) is 0 Å². The van der Waals surface area contributed by atoms with Crippen molar-refractivity contribution in [3.05, 3.63) is 28.8 Å². The van der Waals surface area contributed by atoms with E-state index in [0.717, 1.165) is 61.5 Å². The molecule has 23 heavy (non-hydrogen) atoms. The molecule has 1 rings (SSSR count). The zero-order valence-electron chi connectivity index (χ0n) is 14.8. The zero-order valence-corrected chi connectivity index (χ0v) is 14.8. The quantitative estimate of drug-likeness (QED) is 0.611. The van der Waals surface area contributed by atoms with Crippen LogP contribution in [0.3, 0.4) is 0 Å². The first-order chi connectivity index (χ1) is 11.0. The van der Waals surface area contributed by atoms with E-state index in [2.05, 4.69) is 24.2 Å². The van der Waals surface area contributed by atoms with Gasteiger partial charge in [-0.05, 0) is 75.7 Å². The number of benzene rings is 1. The van der Waals surface area contributed by atoms with Crippen molar-refractivity contribution in [2.75, 3.05) is 40.3 Å². The van der Waals surface area contributed by atoms with Crippen molar-refractivity contribution in [3.8, 4) is 5.75 Å². The van der Waals surface area contributed by atoms with Gasteiger partial charge in [0.05, 0.1) is 13.5 Å². The molecule has 0 unspecified atom stereocenters. The average molecular weight is 322 g/mol. The van der Waals surface area contributed by atoms with Crippen LogP contribution in [-0.2, 0) is 17.6 Å². The number of ether oxygens (including phenoxy) is 1. The third-order valence-corrected chi connectivity index (χ3v) is 4.06. The molecule has 0 aliphatic heterocycles. The normalized spacial score (nSPS) is 11.0. The number of nitrogens with zero attached hydrogens (tertiary/aromatic N) is 1. The number of carboxylic acid groups (broad SMARTS) is 1. The summed E-state index contributed by atoms with van der Waals surface area (Å²) in [6.45, 7) is 8.14. The number of aryl methyl sites for hydroxylation is 1.